The number of para-hydroxylation sites is 1. The van der Waals surface area contributed by atoms with Crippen LogP contribution in [0, 0.1) is 0 Å². The predicted octanol–water partition coefficient (Wildman–Crippen LogP) is 6.35. The molecule has 1 aromatic carbocycles. The topological polar surface area (TPSA) is 32.3 Å². The summed E-state index contributed by atoms with van der Waals surface area (Å²) in [5.41, 5.74) is 4.80. The lowest BCUT2D eigenvalue weighted by Crippen LogP contribution is -2.33. The number of nitrogens with zero attached hydrogens (tertiary/aromatic N) is 4. The molecule has 0 fully saturated rings. The van der Waals surface area contributed by atoms with Crippen LogP contribution < -0.4 is 4.90 Å². The summed E-state index contributed by atoms with van der Waals surface area (Å²) in [4.78, 5) is 13.8. The molecule has 2 aromatic heterocycles. The molecule has 0 aliphatic heterocycles. The number of likely N-dealkylation sites (N-methyl/N-ethyl adjacent to an activating group) is 1. The number of rotatable bonds is 6. The fourth-order valence-corrected chi connectivity index (χ4v) is 4.39. The molecule has 0 amide bonds. The van der Waals surface area contributed by atoms with E-state index in [-0.39, 0.29) is 0 Å². The summed E-state index contributed by atoms with van der Waals surface area (Å²) in [6.45, 7) is 15.3. The van der Waals surface area contributed by atoms with Crippen molar-refractivity contribution in [2.75, 3.05) is 18.0 Å². The molecule has 4 rings (SSSR count). The van der Waals surface area contributed by atoms with Crippen LogP contribution in [0.2, 0.25) is 0 Å². The molecule has 0 bridgehead atoms. The van der Waals surface area contributed by atoms with Crippen LogP contribution in [0.5, 0.6) is 0 Å². The summed E-state index contributed by atoms with van der Waals surface area (Å²) in [7, 11) is 0. The van der Waals surface area contributed by atoms with Crippen LogP contribution in [0.4, 0.5) is 5.69 Å². The molecule has 0 saturated carbocycles. The van der Waals surface area contributed by atoms with Gasteiger partial charge in [0.2, 0.25) is 0 Å². The molecule has 0 spiro atoms. The lowest BCUT2D eigenvalue weighted by Gasteiger charge is -2.30. The summed E-state index contributed by atoms with van der Waals surface area (Å²) in [6, 6.07) is 16.0. The molecule has 1 unspecified atom stereocenters. The maximum atomic E-state index is 4.49. The van der Waals surface area contributed by atoms with Gasteiger partial charge in [0.05, 0.1) is 22.9 Å². The van der Waals surface area contributed by atoms with Crippen molar-refractivity contribution in [3.8, 4) is 0 Å². The Labute approximate surface area is 187 Å². The Morgan fingerprint density at radius 1 is 0.839 bits per heavy atom. The van der Waals surface area contributed by atoms with E-state index < -0.39 is 0 Å². The van der Waals surface area contributed by atoms with Gasteiger partial charge in [-0.3, -0.25) is 14.9 Å². The fraction of sp³-hybridized carbons (Fsp3) is 0.407. The van der Waals surface area contributed by atoms with Crippen LogP contribution in [-0.4, -0.2) is 40.0 Å². The first-order valence-electron chi connectivity index (χ1n) is 11.5. The highest BCUT2D eigenvalue weighted by Gasteiger charge is 2.25. The average molecular weight is 417 g/mol. The summed E-state index contributed by atoms with van der Waals surface area (Å²) < 4.78 is 0. The van der Waals surface area contributed by atoms with Crippen LogP contribution in [-0.2, 0) is 0 Å². The summed E-state index contributed by atoms with van der Waals surface area (Å²) in [6.07, 6.45) is 8.17. The Bertz CT molecular complexity index is 1000. The number of benzene rings is 1. The number of aromatic nitrogens is 2. The van der Waals surface area contributed by atoms with Crippen molar-refractivity contribution in [1.29, 1.82) is 0 Å². The maximum Gasteiger partial charge on any atom is 0.0935 e. The van der Waals surface area contributed by atoms with Gasteiger partial charge in [0.1, 0.15) is 0 Å². The highest BCUT2D eigenvalue weighted by Crippen LogP contribution is 2.31. The number of pyridine rings is 2. The zero-order valence-electron chi connectivity index (χ0n) is 19.8. The van der Waals surface area contributed by atoms with Gasteiger partial charge in [-0.1, -0.05) is 43.3 Å². The predicted molar refractivity (Wildman–Crippen MR) is 133 cm³/mol. The van der Waals surface area contributed by atoms with Crippen molar-refractivity contribution in [2.24, 2.45) is 0 Å². The second-order valence-corrected chi connectivity index (χ2v) is 8.44. The van der Waals surface area contributed by atoms with E-state index in [0.29, 0.717) is 18.1 Å². The zero-order valence-corrected chi connectivity index (χ0v) is 19.8. The Morgan fingerprint density at radius 3 is 2.23 bits per heavy atom. The van der Waals surface area contributed by atoms with Gasteiger partial charge in [0.15, 0.2) is 0 Å². The van der Waals surface area contributed by atoms with Crippen molar-refractivity contribution in [2.45, 2.75) is 59.7 Å². The van der Waals surface area contributed by atoms with E-state index in [0.717, 1.165) is 18.6 Å². The maximum absolute atomic E-state index is 4.49. The van der Waals surface area contributed by atoms with Crippen LogP contribution in [0.25, 0.3) is 17.0 Å². The van der Waals surface area contributed by atoms with Gasteiger partial charge < -0.3 is 4.90 Å². The van der Waals surface area contributed by atoms with Crippen molar-refractivity contribution in [1.82, 2.24) is 14.9 Å². The minimum Gasteiger partial charge on any atom is -0.368 e. The Morgan fingerprint density at radius 2 is 1.55 bits per heavy atom. The molecular formula is C27H36N4. The van der Waals surface area contributed by atoms with E-state index in [9.17, 15) is 0 Å². The molecule has 1 aliphatic carbocycles. The van der Waals surface area contributed by atoms with E-state index in [2.05, 4.69) is 104 Å². The van der Waals surface area contributed by atoms with Gasteiger partial charge >= 0.3 is 0 Å². The van der Waals surface area contributed by atoms with Crippen molar-refractivity contribution in [3.63, 3.8) is 0 Å². The van der Waals surface area contributed by atoms with Gasteiger partial charge in [-0.05, 0) is 64.9 Å². The third-order valence-corrected chi connectivity index (χ3v) is 5.88. The average Bonchev–Trinajstić information content (AvgIpc) is 3.19. The highest BCUT2D eigenvalue weighted by atomic mass is 15.2. The van der Waals surface area contributed by atoms with Crippen LogP contribution >= 0.6 is 0 Å². The van der Waals surface area contributed by atoms with Crippen molar-refractivity contribution < 1.29 is 0 Å². The Balaban J connectivity index is 0.000000176. The number of hydrogen-bond donors (Lipinski definition) is 0. The molecule has 164 valence electrons. The molecule has 1 atom stereocenters. The highest BCUT2D eigenvalue weighted by molar-refractivity contribution is 5.90. The van der Waals surface area contributed by atoms with Crippen LogP contribution in [0.3, 0.4) is 0 Å². The smallest absolute Gasteiger partial charge is 0.0935 e. The lowest BCUT2D eigenvalue weighted by molar-refractivity contribution is 0.192. The van der Waals surface area contributed by atoms with Gasteiger partial charge in [0.25, 0.3) is 0 Å². The third-order valence-electron chi connectivity index (χ3n) is 5.88. The second-order valence-electron chi connectivity index (χ2n) is 8.44. The van der Waals surface area contributed by atoms with Gasteiger partial charge in [0, 0.05) is 36.4 Å². The quantitative estimate of drug-likeness (QED) is 0.469. The molecule has 1 aliphatic rings. The second kappa shape index (κ2) is 10.5. The minimum atomic E-state index is 0.367. The molecule has 3 aromatic rings. The van der Waals surface area contributed by atoms with Gasteiger partial charge in [-0.2, -0.15) is 0 Å². The number of anilines is 1. The van der Waals surface area contributed by atoms with E-state index in [1.807, 2.05) is 24.5 Å². The molecule has 4 heteroatoms. The summed E-state index contributed by atoms with van der Waals surface area (Å²) >= 11 is 0. The van der Waals surface area contributed by atoms with Crippen LogP contribution in [0.1, 0.15) is 58.8 Å². The molecule has 0 saturated heterocycles. The fourth-order valence-electron chi connectivity index (χ4n) is 4.39. The minimum absolute atomic E-state index is 0.367. The van der Waals surface area contributed by atoms with Crippen molar-refractivity contribution >= 4 is 22.7 Å². The van der Waals surface area contributed by atoms with Gasteiger partial charge in [-0.15, -0.1) is 0 Å². The molecule has 0 N–H and O–H groups in total. The summed E-state index contributed by atoms with van der Waals surface area (Å²) in [5.74, 6) is 0. The SMILES string of the molecule is CCN(C(C)C)C1C=Cc2cccnc21.CCN(c1cccc2cccnc12)C(C)C. The number of hydrogen-bond acceptors (Lipinski definition) is 4. The standard InChI is InChI=1S/C14H18N2.C13H18N2/c1-4-16(11(2)3)13-9-5-7-12-8-6-10-15-14(12)13;1-4-15(10(2)3)12-8-7-11-6-5-9-14-13(11)12/h5-11H,4H2,1-3H3;5-10,12H,4H2,1-3H3. The Kier molecular flexibility index (Phi) is 7.80. The number of fused-ring (bicyclic) bond motifs is 2. The molecule has 31 heavy (non-hydrogen) atoms. The Hall–Kier alpha value is -2.72. The van der Waals surface area contributed by atoms with Gasteiger partial charge in [-0.25, -0.2) is 0 Å². The zero-order chi connectivity index (χ0) is 22.4. The lowest BCUT2D eigenvalue weighted by atomic mass is 10.1. The summed E-state index contributed by atoms with van der Waals surface area (Å²) in [5, 5.41) is 1.21. The molecule has 4 nitrogen and oxygen atoms in total. The first kappa shape index (κ1) is 23.0. The van der Waals surface area contributed by atoms with E-state index in [1.54, 1.807) is 0 Å². The third kappa shape index (κ3) is 5.13. The molecular weight excluding hydrogens is 380 g/mol. The first-order chi connectivity index (χ1) is 15.0. The normalized spacial score (nSPS) is 14.8. The van der Waals surface area contributed by atoms with Crippen LogP contribution in [0.15, 0.2) is 60.9 Å². The first-order valence-corrected chi connectivity index (χ1v) is 11.5. The molecule has 2 heterocycles. The van der Waals surface area contributed by atoms with E-state index >= 15 is 0 Å². The van der Waals surface area contributed by atoms with E-state index in [4.69, 9.17) is 0 Å². The van der Waals surface area contributed by atoms with E-state index in [1.165, 1.54) is 22.3 Å². The molecule has 0 radical (unpaired) electrons. The van der Waals surface area contributed by atoms with Crippen molar-refractivity contribution in [3.05, 3.63) is 72.2 Å². The largest absolute Gasteiger partial charge is 0.368 e. The monoisotopic (exact) mass is 416 g/mol.